The summed E-state index contributed by atoms with van der Waals surface area (Å²) in [5, 5.41) is 0. The minimum Gasteiger partial charge on any atom is -0.286 e. The predicted molar refractivity (Wildman–Crippen MR) is 100 cm³/mol. The van der Waals surface area contributed by atoms with E-state index in [9.17, 15) is 0 Å². The van der Waals surface area contributed by atoms with Crippen LogP contribution in [0.5, 0.6) is 0 Å². The van der Waals surface area contributed by atoms with Gasteiger partial charge in [-0.25, -0.2) is 0 Å². The van der Waals surface area contributed by atoms with E-state index >= 15 is 0 Å². The second kappa shape index (κ2) is 9.25. The Morgan fingerprint density at radius 1 is 0.680 bits per heavy atom. The van der Waals surface area contributed by atoms with E-state index in [0.717, 1.165) is 48.8 Å². The Balaban J connectivity index is 1.76. The third kappa shape index (κ3) is 5.62. The molecule has 0 amide bonds. The lowest BCUT2D eigenvalue weighted by Crippen LogP contribution is -2.24. The first-order valence-electron chi connectivity index (χ1n) is 8.36. The standard InChI is InChI=1S/C20H21ClN4/c21-11-10-17-8-5-9-20(24-17)16-25(14-18-6-1-3-12-22-18)15-19-7-2-4-13-23-19/h1-9,12-13H,10-11,14-16H2. The third-order valence-electron chi connectivity index (χ3n) is 3.82. The Morgan fingerprint density at radius 2 is 1.24 bits per heavy atom. The predicted octanol–water partition coefficient (Wildman–Crippen LogP) is 3.86. The summed E-state index contributed by atoms with van der Waals surface area (Å²) in [4.78, 5) is 15.9. The molecule has 0 bridgehead atoms. The van der Waals surface area contributed by atoms with Crippen molar-refractivity contribution in [2.24, 2.45) is 0 Å². The van der Waals surface area contributed by atoms with Gasteiger partial charge in [0.1, 0.15) is 0 Å². The zero-order valence-electron chi connectivity index (χ0n) is 14.1. The average Bonchev–Trinajstić information content (AvgIpc) is 2.64. The van der Waals surface area contributed by atoms with E-state index in [0.29, 0.717) is 5.88 Å². The summed E-state index contributed by atoms with van der Waals surface area (Å²) in [6.45, 7) is 2.24. The van der Waals surface area contributed by atoms with Gasteiger partial charge in [-0.15, -0.1) is 11.6 Å². The van der Waals surface area contributed by atoms with Crippen molar-refractivity contribution < 1.29 is 0 Å². The van der Waals surface area contributed by atoms with Crippen molar-refractivity contribution in [3.05, 3.63) is 89.8 Å². The third-order valence-corrected chi connectivity index (χ3v) is 4.01. The van der Waals surface area contributed by atoms with Crippen LogP contribution in [0.4, 0.5) is 0 Å². The van der Waals surface area contributed by atoms with Gasteiger partial charge >= 0.3 is 0 Å². The maximum absolute atomic E-state index is 5.84. The number of rotatable bonds is 8. The van der Waals surface area contributed by atoms with Gasteiger partial charge in [-0.2, -0.15) is 0 Å². The fourth-order valence-electron chi connectivity index (χ4n) is 2.69. The molecule has 0 aliphatic carbocycles. The molecule has 0 spiro atoms. The van der Waals surface area contributed by atoms with Crippen LogP contribution < -0.4 is 0 Å². The first kappa shape index (κ1) is 17.5. The van der Waals surface area contributed by atoms with Crippen LogP contribution in [0.3, 0.4) is 0 Å². The van der Waals surface area contributed by atoms with Crippen LogP contribution >= 0.6 is 11.6 Å². The summed E-state index contributed by atoms with van der Waals surface area (Å²) < 4.78 is 0. The Labute approximate surface area is 153 Å². The van der Waals surface area contributed by atoms with Gasteiger partial charge in [-0.3, -0.25) is 19.9 Å². The molecule has 0 N–H and O–H groups in total. The van der Waals surface area contributed by atoms with E-state index in [1.807, 2.05) is 60.9 Å². The van der Waals surface area contributed by atoms with Crippen molar-refractivity contribution >= 4 is 11.6 Å². The quantitative estimate of drug-likeness (QED) is 0.577. The molecule has 0 saturated heterocycles. The van der Waals surface area contributed by atoms with E-state index in [1.165, 1.54) is 0 Å². The summed E-state index contributed by atoms with van der Waals surface area (Å²) in [5.74, 6) is 0.585. The molecule has 3 aromatic heterocycles. The van der Waals surface area contributed by atoms with Gasteiger partial charge in [0, 0.05) is 50.0 Å². The highest BCUT2D eigenvalue weighted by molar-refractivity contribution is 6.17. The molecule has 128 valence electrons. The topological polar surface area (TPSA) is 41.9 Å². The lowest BCUT2D eigenvalue weighted by molar-refractivity contribution is 0.238. The number of nitrogens with zero attached hydrogens (tertiary/aromatic N) is 4. The molecular weight excluding hydrogens is 332 g/mol. The van der Waals surface area contributed by atoms with Gasteiger partial charge in [0.05, 0.1) is 17.1 Å². The minimum atomic E-state index is 0.585. The van der Waals surface area contributed by atoms with Crippen molar-refractivity contribution in [3.8, 4) is 0 Å². The molecule has 4 nitrogen and oxygen atoms in total. The zero-order chi connectivity index (χ0) is 17.3. The molecule has 0 aliphatic heterocycles. The monoisotopic (exact) mass is 352 g/mol. The first-order chi connectivity index (χ1) is 12.3. The normalized spacial score (nSPS) is 11.0. The van der Waals surface area contributed by atoms with Crippen molar-refractivity contribution in [2.75, 3.05) is 5.88 Å². The van der Waals surface area contributed by atoms with Crippen molar-refractivity contribution in [1.82, 2.24) is 19.9 Å². The first-order valence-corrected chi connectivity index (χ1v) is 8.90. The number of hydrogen-bond donors (Lipinski definition) is 0. The van der Waals surface area contributed by atoms with Gasteiger partial charge in [-0.1, -0.05) is 18.2 Å². The Morgan fingerprint density at radius 3 is 1.80 bits per heavy atom. The maximum atomic E-state index is 5.84. The number of alkyl halides is 1. The van der Waals surface area contributed by atoms with Crippen molar-refractivity contribution in [2.45, 2.75) is 26.1 Å². The van der Waals surface area contributed by atoms with Gasteiger partial charge in [0.25, 0.3) is 0 Å². The minimum absolute atomic E-state index is 0.585. The van der Waals surface area contributed by atoms with Crippen molar-refractivity contribution in [1.29, 1.82) is 0 Å². The molecule has 5 heteroatoms. The molecule has 3 aromatic rings. The van der Waals surface area contributed by atoms with E-state index < -0.39 is 0 Å². The van der Waals surface area contributed by atoms with E-state index in [-0.39, 0.29) is 0 Å². The lowest BCUT2D eigenvalue weighted by Gasteiger charge is -2.21. The fourth-order valence-corrected chi connectivity index (χ4v) is 2.89. The van der Waals surface area contributed by atoms with Crippen LogP contribution in [0.1, 0.15) is 22.8 Å². The summed E-state index contributed by atoms with van der Waals surface area (Å²) in [5.41, 5.74) is 4.14. The highest BCUT2D eigenvalue weighted by Crippen LogP contribution is 2.12. The molecule has 25 heavy (non-hydrogen) atoms. The molecule has 0 aromatic carbocycles. The van der Waals surface area contributed by atoms with E-state index in [2.05, 4.69) is 20.9 Å². The van der Waals surface area contributed by atoms with Crippen LogP contribution in [0.15, 0.2) is 67.0 Å². The average molecular weight is 353 g/mol. The van der Waals surface area contributed by atoms with E-state index in [1.54, 1.807) is 0 Å². The molecule has 0 atom stereocenters. The molecule has 0 aliphatic rings. The summed E-state index contributed by atoms with van der Waals surface area (Å²) in [6, 6.07) is 18.1. The zero-order valence-corrected chi connectivity index (χ0v) is 14.8. The summed E-state index contributed by atoms with van der Waals surface area (Å²) >= 11 is 5.84. The van der Waals surface area contributed by atoms with E-state index in [4.69, 9.17) is 16.6 Å². The van der Waals surface area contributed by atoms with Gasteiger partial charge < -0.3 is 0 Å². The van der Waals surface area contributed by atoms with Gasteiger partial charge in [0.15, 0.2) is 0 Å². The summed E-state index contributed by atoms with van der Waals surface area (Å²) in [6.07, 6.45) is 4.44. The summed E-state index contributed by atoms with van der Waals surface area (Å²) in [7, 11) is 0. The smallest absolute Gasteiger partial charge is 0.0547 e. The number of aromatic nitrogens is 3. The van der Waals surface area contributed by atoms with Crippen LogP contribution in [-0.2, 0) is 26.1 Å². The molecule has 3 heterocycles. The van der Waals surface area contributed by atoms with Crippen LogP contribution in [0.25, 0.3) is 0 Å². The van der Waals surface area contributed by atoms with Crippen LogP contribution in [-0.4, -0.2) is 25.7 Å². The Hall–Kier alpha value is -2.30. The number of halogens is 1. The van der Waals surface area contributed by atoms with Crippen LogP contribution in [0.2, 0.25) is 0 Å². The largest absolute Gasteiger partial charge is 0.286 e. The second-order valence-corrected chi connectivity index (χ2v) is 6.22. The van der Waals surface area contributed by atoms with Gasteiger partial charge in [-0.05, 0) is 36.4 Å². The number of pyridine rings is 3. The number of hydrogen-bond acceptors (Lipinski definition) is 4. The number of aryl methyl sites for hydroxylation is 1. The SMILES string of the molecule is ClCCc1cccc(CN(Cc2ccccn2)Cc2ccccn2)n1. The van der Waals surface area contributed by atoms with Crippen LogP contribution in [0, 0.1) is 0 Å². The lowest BCUT2D eigenvalue weighted by atomic mass is 10.2. The molecule has 0 radical (unpaired) electrons. The highest BCUT2D eigenvalue weighted by atomic mass is 35.5. The molecule has 0 unspecified atom stereocenters. The maximum Gasteiger partial charge on any atom is 0.0547 e. The highest BCUT2D eigenvalue weighted by Gasteiger charge is 2.11. The molecule has 3 rings (SSSR count). The fraction of sp³-hybridized carbons (Fsp3) is 0.250. The van der Waals surface area contributed by atoms with Crippen molar-refractivity contribution in [3.63, 3.8) is 0 Å². The molecule has 0 saturated carbocycles. The molecular formula is C20H21ClN4. The second-order valence-electron chi connectivity index (χ2n) is 5.85. The Bertz CT molecular complexity index is 723. The van der Waals surface area contributed by atoms with Gasteiger partial charge in [0.2, 0.25) is 0 Å². The Kier molecular flexibility index (Phi) is 6.48. The molecule has 0 fully saturated rings.